The minimum absolute atomic E-state index is 0.231. The summed E-state index contributed by atoms with van der Waals surface area (Å²) in [5.74, 6) is 0. The molecule has 2 aromatic heterocycles. The van der Waals surface area contributed by atoms with E-state index in [-0.39, 0.29) is 12.6 Å². The van der Waals surface area contributed by atoms with Crippen LogP contribution in [0.1, 0.15) is 13.8 Å². The molecular weight excluding hydrogens is 296 g/mol. The largest absolute Gasteiger partial charge is 0.389 e. The Morgan fingerprint density at radius 3 is 2.85 bits per heavy atom. The zero-order valence-electron chi connectivity index (χ0n) is 11.5. The van der Waals surface area contributed by atoms with Gasteiger partial charge < -0.3 is 10.0 Å². The van der Waals surface area contributed by atoms with Crippen molar-refractivity contribution >= 4 is 33.8 Å². The molecular formula is C12H16N4O2S2. The molecule has 0 radical (unpaired) electrons. The number of aromatic nitrogens is 2. The van der Waals surface area contributed by atoms with E-state index in [9.17, 15) is 9.90 Å². The van der Waals surface area contributed by atoms with Crippen LogP contribution in [0.3, 0.4) is 0 Å². The van der Waals surface area contributed by atoms with Crippen molar-refractivity contribution in [1.29, 1.82) is 0 Å². The number of hydrogen-bond donors (Lipinski definition) is 2. The molecule has 2 amide bonds. The molecule has 0 fully saturated rings. The van der Waals surface area contributed by atoms with Gasteiger partial charge in [-0.25, -0.2) is 4.79 Å². The number of hydrogen-bond acceptors (Lipinski definition) is 6. The van der Waals surface area contributed by atoms with Gasteiger partial charge in [0, 0.05) is 18.0 Å². The molecule has 0 aliphatic heterocycles. The van der Waals surface area contributed by atoms with Crippen molar-refractivity contribution in [2.24, 2.45) is 0 Å². The van der Waals surface area contributed by atoms with Crippen molar-refractivity contribution in [2.75, 3.05) is 18.9 Å². The molecule has 0 atom stereocenters. The van der Waals surface area contributed by atoms with Crippen molar-refractivity contribution < 1.29 is 9.90 Å². The highest BCUT2D eigenvalue weighted by Crippen LogP contribution is 2.27. The van der Waals surface area contributed by atoms with Crippen molar-refractivity contribution in [3.63, 3.8) is 0 Å². The molecule has 20 heavy (non-hydrogen) atoms. The van der Waals surface area contributed by atoms with Crippen LogP contribution in [0.15, 0.2) is 16.8 Å². The van der Waals surface area contributed by atoms with E-state index < -0.39 is 5.60 Å². The molecule has 108 valence electrons. The molecule has 0 aromatic carbocycles. The number of carbonyl (C=O) groups excluding carboxylic acids is 1. The number of nitrogens with zero attached hydrogens (tertiary/aromatic N) is 3. The highest BCUT2D eigenvalue weighted by Gasteiger charge is 2.20. The fourth-order valence-corrected chi connectivity index (χ4v) is 3.06. The van der Waals surface area contributed by atoms with E-state index >= 15 is 0 Å². The summed E-state index contributed by atoms with van der Waals surface area (Å²) in [5.41, 5.74) is 0.0625. The van der Waals surface area contributed by atoms with E-state index in [0.29, 0.717) is 5.13 Å². The van der Waals surface area contributed by atoms with Crippen LogP contribution < -0.4 is 5.32 Å². The molecule has 0 saturated carbocycles. The van der Waals surface area contributed by atoms with Crippen LogP contribution in [0.25, 0.3) is 10.6 Å². The van der Waals surface area contributed by atoms with Gasteiger partial charge in [-0.05, 0) is 25.3 Å². The van der Waals surface area contributed by atoms with Gasteiger partial charge in [-0.2, -0.15) is 11.3 Å². The molecule has 6 nitrogen and oxygen atoms in total. The zero-order valence-corrected chi connectivity index (χ0v) is 13.1. The van der Waals surface area contributed by atoms with E-state index in [1.165, 1.54) is 16.2 Å². The van der Waals surface area contributed by atoms with E-state index in [0.717, 1.165) is 10.6 Å². The van der Waals surface area contributed by atoms with Gasteiger partial charge in [0.15, 0.2) is 0 Å². The zero-order chi connectivity index (χ0) is 14.8. The number of anilines is 1. The predicted molar refractivity (Wildman–Crippen MR) is 81.2 cm³/mol. The van der Waals surface area contributed by atoms with Gasteiger partial charge in [-0.3, -0.25) is 5.32 Å². The molecule has 8 heteroatoms. The normalized spacial score (nSPS) is 11.4. The number of nitrogens with one attached hydrogen (secondary N) is 1. The maximum Gasteiger partial charge on any atom is 0.323 e. The standard InChI is InChI=1S/C12H16N4O2S2/c1-12(2,18)7-16(3)11(17)13-10-15-14-9(20-10)8-4-5-19-6-8/h4-6,18H,7H2,1-3H3,(H,13,15,17). The molecule has 2 heterocycles. The van der Waals surface area contributed by atoms with Crippen LogP contribution in [0.4, 0.5) is 9.93 Å². The number of amides is 2. The lowest BCUT2D eigenvalue weighted by Crippen LogP contribution is -2.41. The Labute approximate surface area is 125 Å². The molecule has 2 aromatic rings. The third kappa shape index (κ3) is 3.99. The average molecular weight is 312 g/mol. The second kappa shape index (κ2) is 5.86. The Kier molecular flexibility index (Phi) is 4.36. The summed E-state index contributed by atoms with van der Waals surface area (Å²) >= 11 is 2.90. The van der Waals surface area contributed by atoms with Crippen LogP contribution in [-0.2, 0) is 0 Å². The number of likely N-dealkylation sites (N-methyl/N-ethyl adjacent to an activating group) is 1. The van der Waals surface area contributed by atoms with E-state index in [4.69, 9.17) is 0 Å². The quantitative estimate of drug-likeness (QED) is 0.909. The van der Waals surface area contributed by atoms with Crippen LogP contribution in [0.2, 0.25) is 0 Å². The van der Waals surface area contributed by atoms with Gasteiger partial charge in [0.1, 0.15) is 5.01 Å². The van der Waals surface area contributed by atoms with E-state index in [1.807, 2.05) is 16.8 Å². The summed E-state index contributed by atoms with van der Waals surface area (Å²) in [7, 11) is 1.62. The maximum atomic E-state index is 11.9. The van der Waals surface area contributed by atoms with Gasteiger partial charge in [-0.15, -0.1) is 10.2 Å². The van der Waals surface area contributed by atoms with Gasteiger partial charge in [0.05, 0.1) is 12.1 Å². The van der Waals surface area contributed by atoms with Crippen LogP contribution in [0.5, 0.6) is 0 Å². The third-order valence-corrected chi connectivity index (χ3v) is 3.95. The summed E-state index contributed by atoms with van der Waals surface area (Å²) in [5, 5.41) is 25.5. The number of carbonyl (C=O) groups is 1. The second-order valence-electron chi connectivity index (χ2n) is 5.02. The highest BCUT2D eigenvalue weighted by atomic mass is 32.1. The smallest absolute Gasteiger partial charge is 0.323 e. The molecule has 2 N–H and O–H groups in total. The van der Waals surface area contributed by atoms with Gasteiger partial charge >= 0.3 is 6.03 Å². The molecule has 0 bridgehead atoms. The molecule has 0 unspecified atom stereocenters. The first-order chi connectivity index (χ1) is 9.35. The van der Waals surface area contributed by atoms with Crippen molar-refractivity contribution in [3.05, 3.63) is 16.8 Å². The number of aliphatic hydroxyl groups is 1. The summed E-state index contributed by atoms with van der Waals surface area (Å²) in [6, 6.07) is 1.64. The minimum Gasteiger partial charge on any atom is -0.389 e. The van der Waals surface area contributed by atoms with Crippen molar-refractivity contribution in [1.82, 2.24) is 15.1 Å². The number of thiophene rings is 1. The Morgan fingerprint density at radius 2 is 2.25 bits per heavy atom. The first-order valence-corrected chi connectivity index (χ1v) is 7.72. The van der Waals surface area contributed by atoms with E-state index in [2.05, 4.69) is 15.5 Å². The predicted octanol–water partition coefficient (Wildman–Crippen LogP) is 2.50. The topological polar surface area (TPSA) is 78.4 Å². The van der Waals surface area contributed by atoms with E-state index in [1.54, 1.807) is 32.2 Å². The first-order valence-electron chi connectivity index (χ1n) is 5.96. The Bertz CT molecular complexity index is 575. The van der Waals surface area contributed by atoms with Crippen LogP contribution >= 0.6 is 22.7 Å². The highest BCUT2D eigenvalue weighted by molar-refractivity contribution is 7.19. The fourth-order valence-electron chi connectivity index (χ4n) is 1.62. The van der Waals surface area contributed by atoms with Gasteiger partial charge in [0.25, 0.3) is 0 Å². The summed E-state index contributed by atoms with van der Waals surface area (Å²) < 4.78 is 0. The van der Waals surface area contributed by atoms with Gasteiger partial charge in [0.2, 0.25) is 5.13 Å². The fraction of sp³-hybridized carbons (Fsp3) is 0.417. The van der Waals surface area contributed by atoms with Crippen LogP contribution in [-0.4, -0.2) is 45.4 Å². The molecule has 0 aliphatic carbocycles. The SMILES string of the molecule is CN(CC(C)(C)O)C(=O)Nc1nnc(-c2ccsc2)s1. The minimum atomic E-state index is -0.935. The average Bonchev–Trinajstić information content (AvgIpc) is 2.95. The molecule has 0 aliphatic rings. The first kappa shape index (κ1) is 14.9. The molecule has 0 spiro atoms. The molecule has 2 rings (SSSR count). The lowest BCUT2D eigenvalue weighted by molar-refractivity contribution is 0.0550. The van der Waals surface area contributed by atoms with Crippen molar-refractivity contribution in [2.45, 2.75) is 19.4 Å². The summed E-state index contributed by atoms with van der Waals surface area (Å²) in [4.78, 5) is 13.3. The number of urea groups is 1. The third-order valence-electron chi connectivity index (χ3n) is 2.38. The summed E-state index contributed by atoms with van der Waals surface area (Å²) in [6.45, 7) is 3.53. The Balaban J connectivity index is 1.98. The van der Waals surface area contributed by atoms with Gasteiger partial charge in [-0.1, -0.05) is 11.3 Å². The Hall–Kier alpha value is -1.51. The lowest BCUT2D eigenvalue weighted by Gasteiger charge is -2.25. The number of rotatable bonds is 4. The monoisotopic (exact) mass is 312 g/mol. The summed E-state index contributed by atoms with van der Waals surface area (Å²) in [6.07, 6.45) is 0. The second-order valence-corrected chi connectivity index (χ2v) is 6.78. The van der Waals surface area contributed by atoms with Crippen molar-refractivity contribution in [3.8, 4) is 10.6 Å². The lowest BCUT2D eigenvalue weighted by atomic mass is 10.1. The van der Waals surface area contributed by atoms with Crippen LogP contribution in [0, 0.1) is 0 Å². The molecule has 0 saturated heterocycles. The maximum absolute atomic E-state index is 11.9. The Morgan fingerprint density at radius 1 is 1.50 bits per heavy atom.